The maximum absolute atomic E-state index is 13.3. The molecule has 0 aliphatic carbocycles. The second kappa shape index (κ2) is 8.54. The Balaban J connectivity index is 1.31. The molecule has 5 rings (SSSR count). The first kappa shape index (κ1) is 20.4. The lowest BCUT2D eigenvalue weighted by atomic mass is 9.77. The molecule has 2 saturated heterocycles. The molecular weight excluding hydrogens is 386 g/mol. The van der Waals surface area contributed by atoms with Crippen molar-refractivity contribution in [2.45, 2.75) is 50.7 Å². The van der Waals surface area contributed by atoms with Gasteiger partial charge >= 0.3 is 6.03 Å². The van der Waals surface area contributed by atoms with E-state index in [1.807, 2.05) is 24.3 Å². The van der Waals surface area contributed by atoms with E-state index in [2.05, 4.69) is 46.3 Å². The van der Waals surface area contributed by atoms with Crippen LogP contribution >= 0.6 is 0 Å². The van der Waals surface area contributed by atoms with Crippen molar-refractivity contribution in [2.24, 2.45) is 5.92 Å². The van der Waals surface area contributed by atoms with Crippen molar-refractivity contribution in [1.29, 1.82) is 0 Å². The summed E-state index contributed by atoms with van der Waals surface area (Å²) in [6.07, 6.45) is 4.52. The second-order valence-corrected chi connectivity index (χ2v) is 9.30. The molecule has 0 unspecified atom stereocenters. The van der Waals surface area contributed by atoms with Gasteiger partial charge in [-0.05, 0) is 67.3 Å². The molecule has 0 radical (unpaired) electrons. The fourth-order valence-corrected chi connectivity index (χ4v) is 5.89. The van der Waals surface area contributed by atoms with Gasteiger partial charge in [0, 0.05) is 31.7 Å². The number of hydrogen-bond donors (Lipinski definition) is 1. The predicted molar refractivity (Wildman–Crippen MR) is 122 cm³/mol. The molecule has 4 atom stereocenters. The van der Waals surface area contributed by atoms with Crippen LogP contribution in [0.25, 0.3) is 0 Å². The second-order valence-electron chi connectivity index (χ2n) is 9.30. The molecule has 2 aromatic carbocycles. The summed E-state index contributed by atoms with van der Waals surface area (Å²) in [5.41, 5.74) is 4.06. The summed E-state index contributed by atoms with van der Waals surface area (Å²) < 4.78 is 5.25. The molecule has 5 heteroatoms. The van der Waals surface area contributed by atoms with Gasteiger partial charge in [-0.25, -0.2) is 4.79 Å². The number of carbonyl (C=O) groups excluding carboxylic acids is 1. The van der Waals surface area contributed by atoms with Gasteiger partial charge in [0.2, 0.25) is 0 Å². The molecule has 5 nitrogen and oxygen atoms in total. The van der Waals surface area contributed by atoms with Gasteiger partial charge in [-0.2, -0.15) is 0 Å². The van der Waals surface area contributed by atoms with E-state index < -0.39 is 0 Å². The third-order valence-corrected chi connectivity index (χ3v) is 7.59. The number of likely N-dealkylation sites (tertiary alicyclic amines) is 1. The van der Waals surface area contributed by atoms with E-state index in [-0.39, 0.29) is 12.1 Å². The van der Waals surface area contributed by atoms with Crippen LogP contribution in [0.15, 0.2) is 48.5 Å². The van der Waals surface area contributed by atoms with E-state index in [0.29, 0.717) is 18.0 Å². The number of amides is 2. The van der Waals surface area contributed by atoms with Crippen LogP contribution in [0, 0.1) is 5.92 Å². The van der Waals surface area contributed by atoms with Gasteiger partial charge in [0.1, 0.15) is 5.75 Å². The smallest absolute Gasteiger partial charge is 0.318 e. The van der Waals surface area contributed by atoms with Gasteiger partial charge < -0.3 is 15.0 Å². The van der Waals surface area contributed by atoms with Crippen LogP contribution in [0.4, 0.5) is 4.79 Å². The normalized spacial score (nSPS) is 26.3. The van der Waals surface area contributed by atoms with Crippen molar-refractivity contribution < 1.29 is 9.53 Å². The van der Waals surface area contributed by atoms with Crippen molar-refractivity contribution in [3.8, 4) is 5.75 Å². The Morgan fingerprint density at radius 1 is 1.13 bits per heavy atom. The van der Waals surface area contributed by atoms with Crippen LogP contribution in [0.3, 0.4) is 0 Å². The highest BCUT2D eigenvalue weighted by Crippen LogP contribution is 2.42. The first-order valence-electron chi connectivity index (χ1n) is 11.7. The number of ether oxygens (including phenoxy) is 1. The molecule has 164 valence electrons. The Hall–Kier alpha value is -2.53. The van der Waals surface area contributed by atoms with Gasteiger partial charge in [-0.1, -0.05) is 36.4 Å². The molecule has 2 fully saturated rings. The van der Waals surface area contributed by atoms with Crippen molar-refractivity contribution >= 4 is 6.03 Å². The Morgan fingerprint density at radius 3 is 2.74 bits per heavy atom. The van der Waals surface area contributed by atoms with Crippen molar-refractivity contribution in [3.63, 3.8) is 0 Å². The average Bonchev–Trinajstić information content (AvgIpc) is 2.82. The summed E-state index contributed by atoms with van der Waals surface area (Å²) in [7, 11) is 1.67. The number of benzene rings is 2. The highest BCUT2D eigenvalue weighted by Gasteiger charge is 2.44. The zero-order chi connectivity index (χ0) is 21.4. The van der Waals surface area contributed by atoms with Crippen LogP contribution in [-0.2, 0) is 6.42 Å². The summed E-state index contributed by atoms with van der Waals surface area (Å²) in [6, 6.07) is 17.7. The minimum Gasteiger partial charge on any atom is -0.497 e. The zero-order valence-corrected chi connectivity index (χ0v) is 18.6. The van der Waals surface area contributed by atoms with Gasteiger partial charge in [0.05, 0.1) is 13.2 Å². The average molecular weight is 420 g/mol. The van der Waals surface area contributed by atoms with Crippen LogP contribution < -0.4 is 10.1 Å². The fraction of sp³-hybridized carbons (Fsp3) is 0.500. The SMILES string of the molecule is COc1ccc([C@@H](C)NC(=O)N2CCC[C@@H]3CN4CCc5ccccc5[C@@H]4C[C@@H]32)cc1. The molecule has 0 bridgehead atoms. The third kappa shape index (κ3) is 3.91. The largest absolute Gasteiger partial charge is 0.497 e. The molecule has 3 aliphatic heterocycles. The van der Waals surface area contributed by atoms with Gasteiger partial charge in [0.25, 0.3) is 0 Å². The molecule has 1 N–H and O–H groups in total. The molecule has 0 saturated carbocycles. The lowest BCUT2D eigenvalue weighted by Crippen LogP contribution is -2.59. The molecule has 31 heavy (non-hydrogen) atoms. The Kier molecular flexibility index (Phi) is 5.61. The number of carbonyl (C=O) groups is 1. The van der Waals surface area contributed by atoms with Gasteiger partial charge in [-0.15, -0.1) is 0 Å². The zero-order valence-electron chi connectivity index (χ0n) is 18.6. The Morgan fingerprint density at radius 2 is 1.94 bits per heavy atom. The van der Waals surface area contributed by atoms with E-state index in [1.54, 1.807) is 7.11 Å². The number of urea groups is 1. The van der Waals surface area contributed by atoms with Crippen LogP contribution in [0.2, 0.25) is 0 Å². The van der Waals surface area contributed by atoms with Crippen LogP contribution in [-0.4, -0.2) is 48.6 Å². The minimum absolute atomic E-state index is 0.0331. The molecule has 2 amide bonds. The Bertz CT molecular complexity index is 929. The highest BCUT2D eigenvalue weighted by atomic mass is 16.5. The maximum Gasteiger partial charge on any atom is 0.318 e. The lowest BCUT2D eigenvalue weighted by molar-refractivity contribution is 0.00533. The molecule has 0 aromatic heterocycles. The third-order valence-electron chi connectivity index (χ3n) is 7.59. The lowest BCUT2D eigenvalue weighted by Gasteiger charge is -2.52. The Labute approximate surface area is 185 Å². The van der Waals surface area contributed by atoms with Crippen LogP contribution in [0.1, 0.15) is 55.0 Å². The number of methoxy groups -OCH3 is 1. The summed E-state index contributed by atoms with van der Waals surface area (Å²) in [5, 5.41) is 3.26. The first-order chi connectivity index (χ1) is 15.1. The van der Waals surface area contributed by atoms with E-state index in [4.69, 9.17) is 4.74 Å². The standard InChI is InChI=1S/C26H33N3O2/c1-18(19-9-11-22(31-2)12-10-19)27-26(30)29-14-5-7-21-17-28-15-13-20-6-3-4-8-23(20)25(28)16-24(21)29/h3-4,6,8-12,18,21,24-25H,5,7,13-17H2,1-2H3,(H,27,30)/t18-,21-,24+,25+/m1/s1. The first-order valence-corrected chi connectivity index (χ1v) is 11.7. The summed E-state index contributed by atoms with van der Waals surface area (Å²) >= 11 is 0. The molecule has 3 heterocycles. The summed E-state index contributed by atoms with van der Waals surface area (Å²) in [4.78, 5) is 18.2. The molecule has 2 aromatic rings. The summed E-state index contributed by atoms with van der Waals surface area (Å²) in [5.74, 6) is 1.41. The monoisotopic (exact) mass is 419 g/mol. The molecule has 3 aliphatic rings. The van der Waals surface area contributed by atoms with E-state index >= 15 is 0 Å². The summed E-state index contributed by atoms with van der Waals surface area (Å²) in [6.45, 7) is 5.17. The minimum atomic E-state index is -0.0331. The number of nitrogens with zero attached hydrogens (tertiary/aromatic N) is 2. The van der Waals surface area contributed by atoms with Gasteiger partial charge in [0.15, 0.2) is 0 Å². The number of fused-ring (bicyclic) bond motifs is 4. The number of rotatable bonds is 3. The fourth-order valence-electron chi connectivity index (χ4n) is 5.89. The number of nitrogens with one attached hydrogen (secondary N) is 1. The van der Waals surface area contributed by atoms with E-state index in [0.717, 1.165) is 50.2 Å². The molecular formula is C26H33N3O2. The van der Waals surface area contributed by atoms with Gasteiger partial charge in [-0.3, -0.25) is 4.90 Å². The van der Waals surface area contributed by atoms with Crippen LogP contribution in [0.5, 0.6) is 5.75 Å². The number of piperidine rings is 2. The molecule has 0 spiro atoms. The van der Waals surface area contributed by atoms with E-state index in [9.17, 15) is 4.79 Å². The van der Waals surface area contributed by atoms with E-state index in [1.165, 1.54) is 17.5 Å². The van der Waals surface area contributed by atoms with Crippen molar-refractivity contribution in [2.75, 3.05) is 26.7 Å². The number of hydrogen-bond acceptors (Lipinski definition) is 3. The topological polar surface area (TPSA) is 44.8 Å². The quantitative estimate of drug-likeness (QED) is 0.794. The maximum atomic E-state index is 13.3. The van der Waals surface area contributed by atoms with Crippen molar-refractivity contribution in [3.05, 3.63) is 65.2 Å². The predicted octanol–water partition coefficient (Wildman–Crippen LogP) is 4.55. The van der Waals surface area contributed by atoms with Crippen molar-refractivity contribution in [1.82, 2.24) is 15.1 Å². The highest BCUT2D eigenvalue weighted by molar-refractivity contribution is 5.75.